The maximum absolute atomic E-state index is 14.5. The van der Waals surface area contributed by atoms with Crippen molar-refractivity contribution >= 4 is 207 Å². The van der Waals surface area contributed by atoms with Gasteiger partial charge in [0.1, 0.15) is 22.1 Å². The largest absolute Gasteiger partial charge is 0.353 e. The van der Waals surface area contributed by atoms with E-state index in [-0.39, 0.29) is 64.9 Å². The van der Waals surface area contributed by atoms with Crippen LogP contribution in [0.1, 0.15) is 241 Å². The first kappa shape index (κ1) is 90.1. The zero-order valence-corrected chi connectivity index (χ0v) is 77.9. The van der Waals surface area contributed by atoms with E-state index in [2.05, 4.69) is 202 Å². The van der Waals surface area contributed by atoms with Crippen LogP contribution < -0.4 is 9.80 Å². The predicted molar refractivity (Wildman–Crippen MR) is 542 cm³/mol. The highest BCUT2D eigenvalue weighted by Crippen LogP contribution is 2.49. The Hall–Kier alpha value is -13.9. The molecule has 8 bridgehead atoms. The molecule has 17 rings (SSSR count). The second-order valence-electron chi connectivity index (χ2n) is 33.1. The average molecular weight is 1840 g/mol. The highest BCUT2D eigenvalue weighted by Gasteiger charge is 2.36. The van der Waals surface area contributed by atoms with Crippen LogP contribution in [-0.4, -0.2) is 49.0 Å². The molecule has 2 aliphatic heterocycles. The molecular formula is C110H88Cl4N14O2S2. The molecule has 8 aromatic carbocycles. The molecule has 2 aliphatic carbocycles. The number of nitrogens with one attached hydrogen (secondary N) is 2. The molecule has 7 heterocycles. The predicted octanol–water partition coefficient (Wildman–Crippen LogP) is 30.4. The van der Waals surface area contributed by atoms with E-state index < -0.39 is 11.6 Å². The van der Waals surface area contributed by atoms with Crippen LogP contribution in [0.25, 0.3) is 101 Å². The number of H-pyrrole nitrogens is 2. The van der Waals surface area contributed by atoms with Gasteiger partial charge in [-0.3, -0.25) is 9.59 Å². The lowest BCUT2D eigenvalue weighted by Gasteiger charge is -2.27. The van der Waals surface area contributed by atoms with Gasteiger partial charge >= 0.3 is 0 Å². The number of ketones is 2. The van der Waals surface area contributed by atoms with Gasteiger partial charge in [0.05, 0.1) is 147 Å². The summed E-state index contributed by atoms with van der Waals surface area (Å²) in [6.45, 7) is 25.0. The zero-order valence-electron chi connectivity index (χ0n) is 73.3. The van der Waals surface area contributed by atoms with Gasteiger partial charge in [-0.25, -0.2) is 30.2 Å². The van der Waals surface area contributed by atoms with E-state index in [1.54, 1.807) is 12.2 Å². The number of unbranched alkanes of at least 4 members (excludes halogenated alkanes) is 12. The summed E-state index contributed by atoms with van der Waals surface area (Å²) in [7, 11) is 0. The third kappa shape index (κ3) is 18.8. The van der Waals surface area contributed by atoms with Crippen molar-refractivity contribution in [3.63, 3.8) is 0 Å². The molecule has 0 saturated carbocycles. The van der Waals surface area contributed by atoms with E-state index in [1.807, 2.05) is 60.7 Å². The van der Waals surface area contributed by atoms with Gasteiger partial charge in [0, 0.05) is 67.3 Å². The maximum atomic E-state index is 14.5. The van der Waals surface area contributed by atoms with Crippen molar-refractivity contribution in [3.05, 3.63) is 336 Å². The van der Waals surface area contributed by atoms with Crippen molar-refractivity contribution < 1.29 is 9.59 Å². The number of hydrogen-bond acceptors (Lipinski definition) is 14. The van der Waals surface area contributed by atoms with Crippen molar-refractivity contribution in [1.29, 1.82) is 10.5 Å². The van der Waals surface area contributed by atoms with Crippen LogP contribution in [0.5, 0.6) is 0 Å². The number of halogens is 4. The summed E-state index contributed by atoms with van der Waals surface area (Å²) < 4.78 is 19.4. The van der Waals surface area contributed by atoms with Gasteiger partial charge in [-0.15, -0.1) is 0 Å². The summed E-state index contributed by atoms with van der Waals surface area (Å²) in [5.41, 5.74) is 21.1. The molecule has 650 valence electrons. The Kier molecular flexibility index (Phi) is 28.0. The van der Waals surface area contributed by atoms with Crippen molar-refractivity contribution in [2.24, 2.45) is 0 Å². The molecular weight excluding hydrogens is 1760 g/mol. The molecule has 0 spiro atoms. The summed E-state index contributed by atoms with van der Waals surface area (Å²) in [6, 6.07) is 61.1. The first-order valence-electron chi connectivity index (χ1n) is 44.8. The summed E-state index contributed by atoms with van der Waals surface area (Å²) >= 11 is 28.2. The number of benzene rings is 8. The highest BCUT2D eigenvalue weighted by molar-refractivity contribution is 7.00. The molecule has 0 amide bonds. The SMILES string of the molecule is [C-]#[N+]/C(C#N)=C1\C(=C\c2ccc(C#Cc3c4nc(c(N(c5ccc(CCCCCC)cc5)c5ccc(CCCCCC)cc5)c5ccc([nH]5)c(C#Cc5ccc(/C=C6\C(=O)c7cc(Cl)c(Cl)cc7\C6=C(\C#N)[N+]#[C-])c6nsnc56)c5nc(c(N(c6ccc(CCCCCC)cc6)c6ccc(CCCCCC)cc6)c6ccc3[nH]6)C=C5)C=C4)c3nsnc23)C(=O)c2cc(Cl)c(Cl)cc21. The molecule has 132 heavy (non-hydrogen) atoms. The molecule has 0 fully saturated rings. The van der Waals surface area contributed by atoms with Gasteiger partial charge in [-0.2, -0.15) is 17.5 Å². The topological polar surface area (TPSA) is 206 Å². The number of carbonyl (C=O) groups excluding carboxylic acids is 2. The molecule has 0 radical (unpaired) electrons. The van der Waals surface area contributed by atoms with Gasteiger partial charge < -0.3 is 19.8 Å². The van der Waals surface area contributed by atoms with Crippen LogP contribution in [0, 0.1) is 59.5 Å². The van der Waals surface area contributed by atoms with E-state index in [1.165, 1.54) is 72.2 Å². The molecule has 13 aromatic rings. The summed E-state index contributed by atoms with van der Waals surface area (Å²) in [5.74, 6) is 13.7. The Labute approximate surface area is 796 Å². The van der Waals surface area contributed by atoms with Crippen LogP contribution in [0.3, 0.4) is 0 Å². The fourth-order valence-corrected chi connectivity index (χ4v) is 19.3. The molecule has 22 heteroatoms. The third-order valence-electron chi connectivity index (χ3n) is 24.4. The maximum Gasteiger partial charge on any atom is 0.270 e. The van der Waals surface area contributed by atoms with Crippen LogP contribution in [0.2, 0.25) is 20.1 Å². The second kappa shape index (κ2) is 41.1. The first-order chi connectivity index (χ1) is 64.6. The van der Waals surface area contributed by atoms with Gasteiger partial charge in [-0.1, -0.05) is 235 Å². The lowest BCUT2D eigenvalue weighted by Crippen LogP contribution is -2.12. The van der Waals surface area contributed by atoms with Crippen LogP contribution in [0.15, 0.2) is 192 Å². The Bertz CT molecular complexity index is 6910. The van der Waals surface area contributed by atoms with Gasteiger partial charge in [0.2, 0.25) is 0 Å². The van der Waals surface area contributed by atoms with Gasteiger partial charge in [0.25, 0.3) is 11.4 Å². The van der Waals surface area contributed by atoms with Crippen LogP contribution >= 0.6 is 69.9 Å². The van der Waals surface area contributed by atoms with Crippen molar-refractivity contribution in [1.82, 2.24) is 37.4 Å². The number of aryl methyl sites for hydroxylation is 4. The number of aromatic nitrogens is 8. The van der Waals surface area contributed by atoms with E-state index in [0.717, 1.165) is 160 Å². The molecule has 0 saturated heterocycles. The van der Waals surface area contributed by atoms with Crippen molar-refractivity contribution in [2.45, 2.75) is 156 Å². The summed E-state index contributed by atoms with van der Waals surface area (Å²) in [6.07, 6.45) is 33.3. The molecule has 2 N–H and O–H groups in total. The number of carbonyl (C=O) groups is 2. The normalized spacial score (nSPS) is 13.8. The van der Waals surface area contributed by atoms with Crippen molar-refractivity contribution in [2.75, 3.05) is 9.80 Å². The standard InChI is InChI=1S/C110H88Cl4N14O2S2/c1-7-11-15-19-23-67-27-41-75(42-28-67)127(76-43-29-68(30-44-76)24-20-16-12-8-2)107-95-55-51-91(119-95)79(49-39-71-35-37-73(105-103(71)123-131-125-105)59-85-101(99(65-115)117-5)81-61-87(111)89(113)63-83(81)109(85)129)93-53-57-97(121-93)108(128(77-45-31-69(32-46-77)25-21-17-13-9-3)78-47-33-70(34-48-78)26-22-18-14-10-4)98-58-54-94(122-98)80(92-52-56-96(107)120-92)50-40-72-36-38-74(106-104(72)124-132-126-106)60-86-102(100(66-116)118-6)82-62-88(112)90(114)64-84(82)110(86)130/h27-38,41-48,51-64,119,122H,7-26H2,1-4H3/b85-59-,86-60-,91-79?,92-80?,93-79?,94-80?,101-99-,102-100+,107-95?,107-96?,108-97?,108-98?. The van der Waals surface area contributed by atoms with Gasteiger partial charge in [-0.05, 0) is 230 Å². The number of fused-ring (bicyclic) bond motifs is 12. The second-order valence-corrected chi connectivity index (χ2v) is 35.8. The smallest absolute Gasteiger partial charge is 0.270 e. The number of hydrogen-bond donors (Lipinski definition) is 2. The van der Waals surface area contributed by atoms with E-state index in [0.29, 0.717) is 111 Å². The Morgan fingerprint density at radius 1 is 0.386 bits per heavy atom. The average Bonchev–Trinajstić information content (AvgIpc) is 1.60. The first-order valence-corrected chi connectivity index (χ1v) is 47.8. The highest BCUT2D eigenvalue weighted by atomic mass is 35.5. The molecule has 16 nitrogen and oxygen atoms in total. The minimum Gasteiger partial charge on any atom is -0.353 e. The number of nitrogens with zero attached hydrogens (tertiary/aromatic N) is 12. The number of anilines is 6. The van der Waals surface area contributed by atoms with Crippen molar-refractivity contribution in [3.8, 4) is 35.8 Å². The fourth-order valence-electron chi connectivity index (χ4n) is 17.5. The van der Waals surface area contributed by atoms with Crippen LogP contribution in [0.4, 0.5) is 34.1 Å². The number of aromatic amines is 2. The Morgan fingerprint density at radius 3 is 1.02 bits per heavy atom. The third-order valence-corrected chi connectivity index (χ3v) is 26.9. The number of nitriles is 2. The Morgan fingerprint density at radius 2 is 0.697 bits per heavy atom. The zero-order chi connectivity index (χ0) is 91.5. The van der Waals surface area contributed by atoms with E-state index in [4.69, 9.17) is 87.0 Å². The quantitative estimate of drug-likeness (QED) is 0.0154. The minimum absolute atomic E-state index is 0.113. The number of Topliss-reactive ketones (excluding diaryl/α,β-unsaturated/α-hetero) is 2. The summed E-state index contributed by atoms with van der Waals surface area (Å²) in [5, 5.41) is 21.4. The fraction of sp³-hybridized carbons (Fsp3) is 0.218. The molecule has 4 aliphatic rings. The number of allylic oxidation sites excluding steroid dienone is 6. The van der Waals surface area contributed by atoms with E-state index >= 15 is 0 Å². The minimum atomic E-state index is -0.428. The number of rotatable bonds is 28. The Balaban J connectivity index is 0.924. The van der Waals surface area contributed by atoms with Gasteiger partial charge in [0.15, 0.2) is 11.6 Å². The summed E-state index contributed by atoms with van der Waals surface area (Å²) in [4.78, 5) is 60.3. The van der Waals surface area contributed by atoms with E-state index in [9.17, 15) is 20.1 Å². The lowest BCUT2D eigenvalue weighted by molar-refractivity contribution is 0.103. The lowest BCUT2D eigenvalue weighted by atomic mass is 9.99. The monoisotopic (exact) mass is 1840 g/mol. The molecule has 0 atom stereocenters. The van der Waals surface area contributed by atoms with Crippen LogP contribution in [-0.2, 0) is 25.7 Å². The molecule has 0 unspecified atom stereocenters. The molecule has 5 aromatic heterocycles.